The number of hydrogen-bond donors (Lipinski definition) is 1. The third kappa shape index (κ3) is 2.79. The van der Waals surface area contributed by atoms with Crippen LogP contribution in [0.2, 0.25) is 0 Å². The Bertz CT molecular complexity index is 414. The molecule has 0 spiro atoms. The third-order valence-electron chi connectivity index (χ3n) is 1.92. The molecule has 0 saturated heterocycles. The fourth-order valence-electron chi connectivity index (χ4n) is 1.31. The number of carboxylic acid groups (broad SMARTS) is 1. The largest absolute Gasteiger partial charge is 0.481 e. The van der Waals surface area contributed by atoms with Gasteiger partial charge in [-0.15, -0.1) is 0 Å². The number of hydrogen-bond acceptors (Lipinski definition) is 3. The minimum atomic E-state index is -1.13. The van der Waals surface area contributed by atoms with Crippen molar-refractivity contribution in [2.24, 2.45) is 0 Å². The molecule has 0 aromatic heterocycles. The molecule has 1 N–H and O–H groups in total. The number of ether oxygens (including phenoxy) is 1. The fraction of sp³-hybridized carbons (Fsp3) is 0.273. The second-order valence-corrected chi connectivity index (χ2v) is 3.06. The normalized spacial score (nSPS) is 9.88. The van der Waals surface area contributed by atoms with Crippen molar-refractivity contribution in [3.8, 4) is 0 Å². The predicted octanol–water partition coefficient (Wildman–Crippen LogP) is 1.63. The van der Waals surface area contributed by atoms with Gasteiger partial charge in [-0.25, -0.2) is 9.18 Å². The second-order valence-electron chi connectivity index (χ2n) is 3.06. The number of carbonyl (C=O) groups excluding carboxylic acids is 1. The minimum Gasteiger partial charge on any atom is -0.481 e. The molecule has 4 nitrogen and oxygen atoms in total. The Labute approximate surface area is 91.7 Å². The molecule has 0 atom stereocenters. The highest BCUT2D eigenvalue weighted by molar-refractivity contribution is 5.92. The summed E-state index contributed by atoms with van der Waals surface area (Å²) in [7, 11) is 0. The minimum absolute atomic E-state index is 0.111. The smallest absolute Gasteiger partial charge is 0.341 e. The van der Waals surface area contributed by atoms with Gasteiger partial charge >= 0.3 is 11.9 Å². The first kappa shape index (κ1) is 12.2. The molecule has 0 aliphatic heterocycles. The average molecular weight is 226 g/mol. The highest BCUT2D eigenvalue weighted by atomic mass is 19.1. The summed E-state index contributed by atoms with van der Waals surface area (Å²) in [4.78, 5) is 22.0. The number of rotatable bonds is 4. The van der Waals surface area contributed by atoms with E-state index in [-0.39, 0.29) is 17.7 Å². The van der Waals surface area contributed by atoms with E-state index < -0.39 is 24.2 Å². The maximum Gasteiger partial charge on any atom is 0.341 e. The van der Waals surface area contributed by atoms with E-state index in [1.807, 2.05) is 0 Å². The molecule has 86 valence electrons. The summed E-state index contributed by atoms with van der Waals surface area (Å²) in [6, 6.07) is 3.84. The SMILES string of the molecule is CCOC(=O)c1c(F)cccc1CC(=O)O. The third-order valence-corrected chi connectivity index (χ3v) is 1.92. The van der Waals surface area contributed by atoms with Gasteiger partial charge in [0.15, 0.2) is 0 Å². The highest BCUT2D eigenvalue weighted by Gasteiger charge is 2.19. The first-order chi connectivity index (χ1) is 7.56. The molecule has 0 aliphatic carbocycles. The van der Waals surface area contributed by atoms with Crippen LogP contribution < -0.4 is 0 Å². The Morgan fingerprint density at radius 2 is 2.12 bits per heavy atom. The summed E-state index contributed by atoms with van der Waals surface area (Å²) >= 11 is 0. The van der Waals surface area contributed by atoms with Crippen LogP contribution in [0.25, 0.3) is 0 Å². The van der Waals surface area contributed by atoms with Crippen molar-refractivity contribution >= 4 is 11.9 Å². The lowest BCUT2D eigenvalue weighted by Gasteiger charge is -2.07. The van der Waals surface area contributed by atoms with E-state index in [0.29, 0.717) is 0 Å². The maximum atomic E-state index is 13.4. The average Bonchev–Trinajstić information content (AvgIpc) is 2.16. The van der Waals surface area contributed by atoms with Gasteiger partial charge in [-0.2, -0.15) is 0 Å². The fourth-order valence-corrected chi connectivity index (χ4v) is 1.31. The van der Waals surface area contributed by atoms with Gasteiger partial charge < -0.3 is 9.84 Å². The van der Waals surface area contributed by atoms with Gasteiger partial charge in [0.1, 0.15) is 5.82 Å². The molecule has 0 saturated carbocycles. The zero-order chi connectivity index (χ0) is 12.1. The number of halogens is 1. The van der Waals surface area contributed by atoms with E-state index >= 15 is 0 Å². The maximum absolute atomic E-state index is 13.4. The number of carboxylic acids is 1. The molecule has 5 heteroatoms. The van der Waals surface area contributed by atoms with E-state index in [0.717, 1.165) is 6.07 Å². The van der Waals surface area contributed by atoms with Gasteiger partial charge in [-0.1, -0.05) is 12.1 Å². The Morgan fingerprint density at radius 3 is 2.69 bits per heavy atom. The first-order valence-corrected chi connectivity index (χ1v) is 4.72. The van der Waals surface area contributed by atoms with E-state index in [1.54, 1.807) is 6.92 Å². The van der Waals surface area contributed by atoms with Crippen molar-refractivity contribution in [1.29, 1.82) is 0 Å². The standard InChI is InChI=1S/C11H11FO4/c1-2-16-11(15)10-7(6-9(13)14)4-3-5-8(10)12/h3-5H,2,6H2,1H3,(H,13,14). The molecule has 0 bridgehead atoms. The van der Waals surface area contributed by atoms with Crippen molar-refractivity contribution in [2.75, 3.05) is 6.61 Å². The van der Waals surface area contributed by atoms with Crippen LogP contribution >= 0.6 is 0 Å². The summed E-state index contributed by atoms with van der Waals surface area (Å²) < 4.78 is 18.0. The lowest BCUT2D eigenvalue weighted by Crippen LogP contribution is -2.13. The molecule has 0 fully saturated rings. The van der Waals surface area contributed by atoms with E-state index in [9.17, 15) is 14.0 Å². The van der Waals surface area contributed by atoms with Crippen LogP contribution in [0.1, 0.15) is 22.8 Å². The van der Waals surface area contributed by atoms with Crippen molar-refractivity contribution in [3.63, 3.8) is 0 Å². The topological polar surface area (TPSA) is 63.6 Å². The lowest BCUT2D eigenvalue weighted by atomic mass is 10.0. The van der Waals surface area contributed by atoms with E-state index in [2.05, 4.69) is 4.74 Å². The van der Waals surface area contributed by atoms with E-state index in [4.69, 9.17) is 5.11 Å². The van der Waals surface area contributed by atoms with Crippen molar-refractivity contribution in [2.45, 2.75) is 13.3 Å². The molecule has 1 aromatic rings. The van der Waals surface area contributed by atoms with Crippen LogP contribution in [0.5, 0.6) is 0 Å². The lowest BCUT2D eigenvalue weighted by molar-refractivity contribution is -0.136. The summed E-state index contributed by atoms with van der Waals surface area (Å²) in [6.45, 7) is 1.70. The molecule has 1 aromatic carbocycles. The molecule has 16 heavy (non-hydrogen) atoms. The van der Waals surface area contributed by atoms with Gasteiger partial charge in [-0.05, 0) is 18.6 Å². The van der Waals surface area contributed by atoms with E-state index in [1.165, 1.54) is 12.1 Å². The zero-order valence-electron chi connectivity index (χ0n) is 8.70. The van der Waals surface area contributed by atoms with Crippen LogP contribution in [-0.4, -0.2) is 23.7 Å². The monoisotopic (exact) mass is 226 g/mol. The molecular weight excluding hydrogens is 215 g/mol. The summed E-state index contributed by atoms with van der Waals surface area (Å²) in [5.74, 6) is -2.73. The Morgan fingerprint density at radius 1 is 1.44 bits per heavy atom. The number of benzene rings is 1. The molecule has 1 rings (SSSR count). The van der Waals surface area contributed by atoms with Crippen molar-refractivity contribution in [3.05, 3.63) is 35.1 Å². The van der Waals surface area contributed by atoms with Crippen molar-refractivity contribution in [1.82, 2.24) is 0 Å². The number of carbonyl (C=O) groups is 2. The molecule has 0 radical (unpaired) electrons. The first-order valence-electron chi connectivity index (χ1n) is 4.72. The number of esters is 1. The summed E-state index contributed by atoms with van der Waals surface area (Å²) in [6.07, 6.45) is -0.411. The molecule has 0 aliphatic rings. The van der Waals surface area contributed by atoms with Crippen LogP contribution in [-0.2, 0) is 16.0 Å². The van der Waals surface area contributed by atoms with Crippen LogP contribution in [0, 0.1) is 5.82 Å². The second kappa shape index (κ2) is 5.25. The summed E-state index contributed by atoms with van der Waals surface area (Å²) in [5.41, 5.74) is -0.183. The van der Waals surface area contributed by atoms with Gasteiger partial charge in [0.2, 0.25) is 0 Å². The highest BCUT2D eigenvalue weighted by Crippen LogP contribution is 2.15. The quantitative estimate of drug-likeness (QED) is 0.792. The molecule has 0 heterocycles. The van der Waals surface area contributed by atoms with Gasteiger partial charge in [0.25, 0.3) is 0 Å². The Kier molecular flexibility index (Phi) is 3.99. The molecule has 0 unspecified atom stereocenters. The van der Waals surface area contributed by atoms with Crippen LogP contribution in [0.15, 0.2) is 18.2 Å². The Hall–Kier alpha value is -1.91. The van der Waals surface area contributed by atoms with Crippen LogP contribution in [0.4, 0.5) is 4.39 Å². The summed E-state index contributed by atoms with van der Waals surface area (Å²) in [5, 5.41) is 8.62. The zero-order valence-corrected chi connectivity index (χ0v) is 8.70. The Balaban J connectivity index is 3.12. The van der Waals surface area contributed by atoms with Gasteiger partial charge in [-0.3, -0.25) is 4.79 Å². The molecular formula is C11H11FO4. The van der Waals surface area contributed by atoms with Crippen molar-refractivity contribution < 1.29 is 23.8 Å². The van der Waals surface area contributed by atoms with Gasteiger partial charge in [0.05, 0.1) is 18.6 Å². The van der Waals surface area contributed by atoms with Gasteiger partial charge in [0, 0.05) is 0 Å². The number of aliphatic carboxylic acids is 1. The molecule has 0 amide bonds. The van der Waals surface area contributed by atoms with Crippen LogP contribution in [0.3, 0.4) is 0 Å². The predicted molar refractivity (Wildman–Crippen MR) is 53.7 cm³/mol.